The lowest BCUT2D eigenvalue weighted by molar-refractivity contribution is 0.621. The largest absolute Gasteiger partial charge is 0.397 e. The van der Waals surface area contributed by atoms with Crippen molar-refractivity contribution in [1.29, 1.82) is 0 Å². The van der Waals surface area contributed by atoms with Crippen LogP contribution in [0.5, 0.6) is 0 Å². The summed E-state index contributed by atoms with van der Waals surface area (Å²) in [5, 5.41) is 3.16. The van der Waals surface area contributed by atoms with E-state index in [1.165, 1.54) is 10.9 Å². The molecule has 96 valence electrons. The molecule has 0 aliphatic rings. The van der Waals surface area contributed by atoms with Crippen LogP contribution in [0.15, 0.2) is 28.1 Å². The minimum absolute atomic E-state index is 0.244. The first kappa shape index (κ1) is 14.1. The topological polar surface area (TPSA) is 38.0 Å². The van der Waals surface area contributed by atoms with Gasteiger partial charge in [0.1, 0.15) is 5.82 Å². The van der Waals surface area contributed by atoms with Crippen LogP contribution in [0.1, 0.15) is 4.88 Å². The number of anilines is 2. The van der Waals surface area contributed by atoms with Crippen LogP contribution in [0, 0.1) is 9.39 Å². The maximum atomic E-state index is 13.4. The van der Waals surface area contributed by atoms with Crippen LogP contribution >= 0.6 is 49.9 Å². The second-order valence-electron chi connectivity index (χ2n) is 3.74. The molecule has 6 heteroatoms. The Morgan fingerprint density at radius 3 is 2.83 bits per heavy atom. The molecule has 1 aromatic heterocycles. The number of nitrogens with two attached hydrogens (primary N) is 1. The molecular formula is C12H11BrFIN2S. The highest BCUT2D eigenvalue weighted by molar-refractivity contribution is 14.1. The molecule has 2 aromatic rings. The standard InChI is InChI=1S/C12H11BrFIN2S/c13-12-2-1-7(18-12)3-4-17-11-5-8(14)9(15)6-10(11)16/h1-2,5-6,17H,3-4,16H2. The Balaban J connectivity index is 1.96. The molecule has 2 rings (SSSR count). The molecule has 0 radical (unpaired) electrons. The van der Waals surface area contributed by atoms with Crippen LogP contribution < -0.4 is 11.1 Å². The smallest absolute Gasteiger partial charge is 0.138 e. The van der Waals surface area contributed by atoms with E-state index in [9.17, 15) is 4.39 Å². The zero-order chi connectivity index (χ0) is 13.1. The number of rotatable bonds is 4. The van der Waals surface area contributed by atoms with E-state index >= 15 is 0 Å². The molecule has 0 unspecified atom stereocenters. The molecular weight excluding hydrogens is 430 g/mol. The van der Waals surface area contributed by atoms with E-state index in [0.29, 0.717) is 14.9 Å². The monoisotopic (exact) mass is 440 g/mol. The molecule has 0 saturated carbocycles. The maximum absolute atomic E-state index is 13.4. The second-order valence-corrected chi connectivity index (χ2v) is 7.45. The lowest BCUT2D eigenvalue weighted by atomic mass is 10.2. The fraction of sp³-hybridized carbons (Fsp3) is 0.167. The van der Waals surface area contributed by atoms with Crippen LogP contribution in [0.3, 0.4) is 0 Å². The molecule has 0 spiro atoms. The van der Waals surface area contributed by atoms with Crippen molar-refractivity contribution in [3.8, 4) is 0 Å². The van der Waals surface area contributed by atoms with Crippen molar-refractivity contribution in [3.05, 3.63) is 42.3 Å². The summed E-state index contributed by atoms with van der Waals surface area (Å²) < 4.78 is 15.1. The van der Waals surface area contributed by atoms with Gasteiger partial charge in [-0.25, -0.2) is 4.39 Å². The summed E-state index contributed by atoms with van der Waals surface area (Å²) in [4.78, 5) is 1.28. The van der Waals surface area contributed by atoms with E-state index in [-0.39, 0.29) is 5.82 Å². The van der Waals surface area contributed by atoms with Gasteiger partial charge < -0.3 is 11.1 Å². The number of nitrogen functional groups attached to an aromatic ring is 1. The van der Waals surface area contributed by atoms with Crippen molar-refractivity contribution in [3.63, 3.8) is 0 Å². The van der Waals surface area contributed by atoms with Gasteiger partial charge in [0.25, 0.3) is 0 Å². The van der Waals surface area contributed by atoms with Gasteiger partial charge in [-0.3, -0.25) is 0 Å². The third-order valence-corrected chi connectivity index (χ3v) is 4.92. The van der Waals surface area contributed by atoms with Crippen LogP contribution in [0.2, 0.25) is 0 Å². The van der Waals surface area contributed by atoms with Crippen molar-refractivity contribution >= 4 is 61.2 Å². The molecule has 18 heavy (non-hydrogen) atoms. The summed E-state index contributed by atoms with van der Waals surface area (Å²) in [7, 11) is 0. The van der Waals surface area contributed by atoms with Gasteiger partial charge in [0.05, 0.1) is 18.7 Å². The predicted molar refractivity (Wildman–Crippen MR) is 87.7 cm³/mol. The Hall–Kier alpha value is -0.340. The SMILES string of the molecule is Nc1cc(I)c(F)cc1NCCc1ccc(Br)s1. The van der Waals surface area contributed by atoms with Gasteiger partial charge in [0.2, 0.25) is 0 Å². The summed E-state index contributed by atoms with van der Waals surface area (Å²) in [5.41, 5.74) is 7.07. The molecule has 0 aliphatic heterocycles. The first-order valence-corrected chi connectivity index (χ1v) is 7.97. The van der Waals surface area contributed by atoms with E-state index < -0.39 is 0 Å². The zero-order valence-corrected chi connectivity index (χ0v) is 13.9. The Kier molecular flexibility index (Phi) is 4.85. The lowest BCUT2D eigenvalue weighted by Crippen LogP contribution is -2.07. The number of thiophene rings is 1. The van der Waals surface area contributed by atoms with Gasteiger partial charge in [-0.15, -0.1) is 11.3 Å². The average Bonchev–Trinajstić information content (AvgIpc) is 2.71. The molecule has 1 heterocycles. The quantitative estimate of drug-likeness (QED) is 0.543. The molecule has 0 bridgehead atoms. The molecule has 2 nitrogen and oxygen atoms in total. The first-order chi connectivity index (χ1) is 8.56. The van der Waals surface area contributed by atoms with Gasteiger partial charge in [-0.1, -0.05) is 0 Å². The summed E-state index contributed by atoms with van der Waals surface area (Å²) in [5.74, 6) is -0.244. The molecule has 1 aromatic carbocycles. The van der Waals surface area contributed by atoms with Gasteiger partial charge in [-0.05, 0) is 63.1 Å². The summed E-state index contributed by atoms with van der Waals surface area (Å²) >= 11 is 7.06. The van der Waals surface area contributed by atoms with Crippen LogP contribution in [0.4, 0.5) is 15.8 Å². The van der Waals surface area contributed by atoms with Gasteiger partial charge >= 0.3 is 0 Å². The van der Waals surface area contributed by atoms with E-state index in [1.54, 1.807) is 17.4 Å². The molecule has 0 amide bonds. The fourth-order valence-corrected chi connectivity index (χ4v) is 3.50. The van der Waals surface area contributed by atoms with Crippen molar-refractivity contribution in [2.45, 2.75) is 6.42 Å². The number of halogens is 3. The summed E-state index contributed by atoms with van der Waals surface area (Å²) in [6, 6.07) is 7.19. The third kappa shape index (κ3) is 3.58. The Morgan fingerprint density at radius 2 is 2.17 bits per heavy atom. The normalized spacial score (nSPS) is 10.6. The van der Waals surface area contributed by atoms with Crippen molar-refractivity contribution < 1.29 is 4.39 Å². The van der Waals surface area contributed by atoms with E-state index in [1.807, 2.05) is 28.7 Å². The van der Waals surface area contributed by atoms with Crippen LogP contribution in [-0.2, 0) is 6.42 Å². The van der Waals surface area contributed by atoms with Crippen LogP contribution in [-0.4, -0.2) is 6.54 Å². The Bertz CT molecular complexity index is 559. The third-order valence-electron chi connectivity index (χ3n) is 2.41. The van der Waals surface area contributed by atoms with Crippen molar-refractivity contribution in [2.24, 2.45) is 0 Å². The van der Waals surface area contributed by atoms with Gasteiger partial charge in [0, 0.05) is 17.5 Å². The minimum Gasteiger partial charge on any atom is -0.397 e. The fourth-order valence-electron chi connectivity index (χ4n) is 1.52. The summed E-state index contributed by atoms with van der Waals surface area (Å²) in [6.07, 6.45) is 0.892. The maximum Gasteiger partial charge on any atom is 0.138 e. The zero-order valence-electron chi connectivity index (χ0n) is 9.34. The summed E-state index contributed by atoms with van der Waals surface area (Å²) in [6.45, 7) is 0.733. The minimum atomic E-state index is -0.244. The van der Waals surface area contributed by atoms with Gasteiger partial charge in [-0.2, -0.15) is 0 Å². The molecule has 0 saturated heterocycles. The number of hydrogen-bond donors (Lipinski definition) is 2. The Morgan fingerprint density at radius 1 is 1.39 bits per heavy atom. The second kappa shape index (κ2) is 6.21. The van der Waals surface area contributed by atoms with Crippen molar-refractivity contribution in [2.75, 3.05) is 17.6 Å². The average molecular weight is 441 g/mol. The van der Waals surface area contributed by atoms with E-state index in [0.717, 1.165) is 16.8 Å². The molecule has 0 fully saturated rings. The van der Waals surface area contributed by atoms with E-state index in [2.05, 4.69) is 27.3 Å². The van der Waals surface area contributed by atoms with Crippen molar-refractivity contribution in [1.82, 2.24) is 0 Å². The number of benzene rings is 1. The predicted octanol–water partition coefficient (Wildman–Crippen LogP) is 4.49. The van der Waals surface area contributed by atoms with Gasteiger partial charge in [0.15, 0.2) is 0 Å². The number of hydrogen-bond acceptors (Lipinski definition) is 3. The highest BCUT2D eigenvalue weighted by atomic mass is 127. The number of nitrogens with one attached hydrogen (secondary N) is 1. The lowest BCUT2D eigenvalue weighted by Gasteiger charge is -2.09. The van der Waals surface area contributed by atoms with Crippen LogP contribution in [0.25, 0.3) is 0 Å². The highest BCUT2D eigenvalue weighted by Crippen LogP contribution is 2.25. The molecule has 3 N–H and O–H groups in total. The highest BCUT2D eigenvalue weighted by Gasteiger charge is 2.05. The molecule has 0 atom stereocenters. The first-order valence-electron chi connectivity index (χ1n) is 5.29. The Labute approximate surface area is 131 Å². The van der Waals surface area contributed by atoms with E-state index in [4.69, 9.17) is 5.73 Å². The molecule has 0 aliphatic carbocycles.